The molecular weight excluding hydrogens is 821 g/mol. The second-order valence-electron chi connectivity index (χ2n) is 16.9. The number of carbonyl (C=O) groups is 7. The van der Waals surface area contributed by atoms with E-state index in [1.807, 2.05) is 0 Å². The number of aliphatic hydroxyl groups excluding tert-OH is 2. The maximum atomic E-state index is 14.9. The summed E-state index contributed by atoms with van der Waals surface area (Å²) in [5, 5.41) is 58.9. The van der Waals surface area contributed by atoms with Gasteiger partial charge in [0.1, 0.15) is 42.0 Å². The van der Waals surface area contributed by atoms with Gasteiger partial charge in [0.2, 0.25) is 23.6 Å². The lowest BCUT2D eigenvalue weighted by Gasteiger charge is -2.38. The van der Waals surface area contributed by atoms with Crippen LogP contribution in [0.5, 0.6) is 0 Å². The minimum Gasteiger partial charge on any atom is -0.481 e. The first-order chi connectivity index (χ1) is 27.5. The van der Waals surface area contributed by atoms with Gasteiger partial charge in [0.15, 0.2) is 6.10 Å². The van der Waals surface area contributed by atoms with Crippen molar-refractivity contribution in [1.82, 2.24) is 25.9 Å². The second kappa shape index (κ2) is 16.1. The molecular formula is C37H47Cl2N7O13. The number of nitrogens with zero attached hydrogens (tertiary/aromatic N) is 3. The fraction of sp³-hybridized carbons (Fsp3) is 0.622. The van der Waals surface area contributed by atoms with Gasteiger partial charge in [0.05, 0.1) is 47.2 Å². The van der Waals surface area contributed by atoms with Crippen molar-refractivity contribution in [2.24, 2.45) is 15.9 Å². The highest BCUT2D eigenvalue weighted by molar-refractivity contribution is 6.44. The number of carboxylic acids is 1. The van der Waals surface area contributed by atoms with Crippen LogP contribution in [0.15, 0.2) is 17.2 Å². The summed E-state index contributed by atoms with van der Waals surface area (Å²) < 4.78 is 11.1. The standard InChI is InChI=1S/C37H47Cl2N7O13/c1-35(2,3)27-32(55)46-19(10-15(47)13-40-46)29(52)41-18(14-58-5)28(51)42-25(21(48)11-22(49)50)31(54)45-20(30(53)44-26(33(56)59-27)36(4)8-9-36)12-37(57)16-6-7-17(38)23(39)24(16)43-34(37)45/h6-7,13,15,18-21,25-27,34,43,47-48,57H,8-12,14H2,1-5H3,(H,41,52)(H,42,51)(H,44,53)(H,49,50)/t15-,18-,19-,20-,21+,25+,26-,27+,34-,37+/m0/s1. The Balaban J connectivity index is 1.50. The molecule has 5 amide bonds. The molecule has 1 saturated carbocycles. The van der Waals surface area contributed by atoms with Crippen molar-refractivity contribution in [2.75, 3.05) is 19.0 Å². The average Bonchev–Trinajstić information content (AvgIpc) is 3.73. The number of aliphatic carboxylic acids is 1. The third-order valence-electron chi connectivity index (χ3n) is 11.4. The van der Waals surface area contributed by atoms with E-state index in [1.54, 1.807) is 27.7 Å². The van der Waals surface area contributed by atoms with Crippen molar-refractivity contribution in [3.8, 4) is 0 Å². The molecule has 20 nitrogen and oxygen atoms in total. The molecule has 1 aliphatic carbocycles. The molecule has 3 fully saturated rings. The third-order valence-corrected chi connectivity index (χ3v) is 12.2. The van der Waals surface area contributed by atoms with E-state index >= 15 is 0 Å². The summed E-state index contributed by atoms with van der Waals surface area (Å²) in [6, 6.07) is -5.67. The molecule has 2 saturated heterocycles. The van der Waals surface area contributed by atoms with E-state index in [-0.39, 0.29) is 21.3 Å². The topological polar surface area (TPSA) is 286 Å². The molecule has 0 radical (unpaired) electrons. The van der Waals surface area contributed by atoms with Crippen molar-refractivity contribution in [3.63, 3.8) is 0 Å². The number of rotatable bonds is 6. The van der Waals surface area contributed by atoms with E-state index in [0.717, 1.165) is 16.1 Å². The zero-order valence-electron chi connectivity index (χ0n) is 32.7. The predicted molar refractivity (Wildman–Crippen MR) is 205 cm³/mol. The summed E-state index contributed by atoms with van der Waals surface area (Å²) in [4.78, 5) is 98.8. The number of aliphatic hydroxyl groups is 3. The number of anilines is 1. The number of cyclic esters (lactones) is 1. The Bertz CT molecular complexity index is 1980. The zero-order chi connectivity index (χ0) is 43.5. The van der Waals surface area contributed by atoms with Crippen molar-refractivity contribution < 1.29 is 63.5 Å². The number of carboxylic acid groups (broad SMARTS) is 1. The number of nitrogens with one attached hydrogen (secondary N) is 4. The first-order valence-corrected chi connectivity index (χ1v) is 19.6. The van der Waals surface area contributed by atoms with Crippen LogP contribution in [0.1, 0.15) is 65.4 Å². The van der Waals surface area contributed by atoms with Crippen LogP contribution in [-0.2, 0) is 48.6 Å². The molecule has 0 unspecified atom stereocenters. The summed E-state index contributed by atoms with van der Waals surface area (Å²) in [6.07, 6.45) is -6.80. The van der Waals surface area contributed by atoms with E-state index in [4.69, 9.17) is 32.7 Å². The average molecular weight is 869 g/mol. The summed E-state index contributed by atoms with van der Waals surface area (Å²) in [5.74, 6) is -7.98. The van der Waals surface area contributed by atoms with Crippen LogP contribution in [-0.4, -0.2) is 146 Å². The number of hydrogen-bond acceptors (Lipinski definition) is 14. The minimum atomic E-state index is -2.16. The van der Waals surface area contributed by atoms with Crippen LogP contribution >= 0.6 is 23.2 Å². The first-order valence-electron chi connectivity index (χ1n) is 18.9. The number of hydrazone groups is 1. The first kappa shape index (κ1) is 44.0. The Morgan fingerprint density at radius 3 is 2.29 bits per heavy atom. The van der Waals surface area contributed by atoms with Crippen LogP contribution in [0.3, 0.4) is 0 Å². The molecule has 1 aromatic carbocycles. The molecule has 0 bridgehead atoms. The van der Waals surface area contributed by atoms with Gasteiger partial charge in [0.25, 0.3) is 5.91 Å². The van der Waals surface area contributed by atoms with Crippen LogP contribution < -0.4 is 21.3 Å². The van der Waals surface area contributed by atoms with Gasteiger partial charge in [-0.2, -0.15) is 5.10 Å². The van der Waals surface area contributed by atoms with Crippen LogP contribution in [0.25, 0.3) is 0 Å². The Morgan fingerprint density at radius 1 is 1.02 bits per heavy atom. The smallest absolute Gasteiger partial charge is 0.330 e. The van der Waals surface area contributed by atoms with E-state index in [0.29, 0.717) is 12.8 Å². The molecule has 6 rings (SSSR count). The Morgan fingerprint density at radius 2 is 1.68 bits per heavy atom. The molecule has 22 heteroatoms. The van der Waals surface area contributed by atoms with Crippen molar-refractivity contribution in [3.05, 3.63) is 27.7 Å². The van der Waals surface area contributed by atoms with Gasteiger partial charge in [-0.1, -0.05) is 57.0 Å². The maximum Gasteiger partial charge on any atom is 0.330 e. The van der Waals surface area contributed by atoms with Gasteiger partial charge in [0, 0.05) is 30.9 Å². The zero-order valence-corrected chi connectivity index (χ0v) is 34.2. The SMILES string of the molecule is COC[C@@H]1NC(=O)[C@@H]2C[C@H](O)C=NN2C(=O)[C@H](C(C)(C)C)OC(=O)[C@@H](C2(C)CC2)NC(=O)[C@@H]2C[C@@]3(O)c4ccc(Cl)c(Cl)c4N[C@H]3N2C(=O)[C@@H]([C@H](O)CC(=O)O)NC1=O. The van der Waals surface area contributed by atoms with Gasteiger partial charge in [-0.25, -0.2) is 9.80 Å². The molecule has 5 aliphatic rings. The van der Waals surface area contributed by atoms with E-state index < -0.39 is 138 Å². The minimum absolute atomic E-state index is 0.0297. The number of amides is 5. The maximum absolute atomic E-state index is 14.9. The quantitative estimate of drug-likeness (QED) is 0.163. The Labute approximate surface area is 347 Å². The number of halogens is 2. The monoisotopic (exact) mass is 867 g/mol. The normalized spacial score (nSPS) is 32.8. The molecule has 10 atom stereocenters. The van der Waals surface area contributed by atoms with E-state index in [2.05, 4.69) is 26.4 Å². The Hall–Kier alpha value is -4.60. The number of hydrogen-bond donors (Lipinski definition) is 8. The van der Waals surface area contributed by atoms with Gasteiger partial charge < -0.3 is 56.1 Å². The highest BCUT2D eigenvalue weighted by atomic mass is 35.5. The van der Waals surface area contributed by atoms with Gasteiger partial charge in [-0.3, -0.25) is 28.8 Å². The lowest BCUT2D eigenvalue weighted by molar-refractivity contribution is -0.173. The Kier molecular flexibility index (Phi) is 12.0. The highest BCUT2D eigenvalue weighted by Crippen LogP contribution is 2.53. The number of ether oxygens (including phenoxy) is 2. The van der Waals surface area contributed by atoms with Gasteiger partial charge in [-0.15, -0.1) is 0 Å². The molecule has 0 aromatic heterocycles. The molecule has 0 spiro atoms. The van der Waals surface area contributed by atoms with Crippen molar-refractivity contribution >= 4 is 76.6 Å². The van der Waals surface area contributed by atoms with E-state index in [1.165, 1.54) is 19.2 Å². The number of esters is 1. The number of benzene rings is 1. The summed E-state index contributed by atoms with van der Waals surface area (Å²) in [5.41, 5.74) is -3.86. The summed E-state index contributed by atoms with van der Waals surface area (Å²) >= 11 is 12.8. The number of carbonyl (C=O) groups excluding carboxylic acids is 6. The summed E-state index contributed by atoms with van der Waals surface area (Å²) in [7, 11) is 1.18. The van der Waals surface area contributed by atoms with Gasteiger partial charge >= 0.3 is 11.9 Å². The fourth-order valence-corrected chi connectivity index (χ4v) is 8.27. The third kappa shape index (κ3) is 8.30. The molecule has 4 aliphatic heterocycles. The molecule has 322 valence electrons. The van der Waals surface area contributed by atoms with Crippen LogP contribution in [0.2, 0.25) is 10.0 Å². The molecule has 8 N–H and O–H groups in total. The van der Waals surface area contributed by atoms with Crippen molar-refractivity contribution in [2.45, 2.75) is 120 Å². The lowest BCUT2D eigenvalue weighted by atomic mass is 9.87. The largest absolute Gasteiger partial charge is 0.481 e. The molecule has 4 heterocycles. The molecule has 1 aromatic rings. The molecule has 59 heavy (non-hydrogen) atoms. The second-order valence-corrected chi connectivity index (χ2v) is 17.7. The van der Waals surface area contributed by atoms with Crippen LogP contribution in [0, 0.1) is 10.8 Å². The number of methoxy groups -OCH3 is 1. The number of fused-ring (bicyclic) bond motifs is 6. The fourth-order valence-electron chi connectivity index (χ4n) is 7.89. The summed E-state index contributed by atoms with van der Waals surface area (Å²) in [6.45, 7) is 5.93. The van der Waals surface area contributed by atoms with E-state index in [9.17, 15) is 54.0 Å². The van der Waals surface area contributed by atoms with Crippen molar-refractivity contribution in [1.29, 1.82) is 0 Å². The predicted octanol–water partition coefficient (Wildman–Crippen LogP) is -0.811. The lowest BCUT2D eigenvalue weighted by Crippen LogP contribution is -2.65. The van der Waals surface area contributed by atoms with Gasteiger partial charge in [-0.05, 0) is 24.3 Å². The highest BCUT2D eigenvalue weighted by Gasteiger charge is 2.63. The van der Waals surface area contributed by atoms with Crippen LogP contribution in [0.4, 0.5) is 5.69 Å².